The molecule has 3 rings (SSSR count). The van der Waals surface area contributed by atoms with Crippen LogP contribution in [0.15, 0.2) is 53.7 Å². The second-order valence-corrected chi connectivity index (χ2v) is 7.49. The average molecular weight is 481 g/mol. The smallest absolute Gasteiger partial charge is 0.416 e. The number of hydrogen-bond donors (Lipinski definition) is 1. The fourth-order valence-corrected chi connectivity index (χ4v) is 4.00. The fraction of sp³-hybridized carbons (Fsp3) is 0.304. The van der Waals surface area contributed by atoms with Crippen molar-refractivity contribution in [3.8, 4) is 11.5 Å². The standard InChI is InChI=1S/C23H23F3N2O4S/c1-5-32-18-11-14(9-10-17(18)30-3)20-19(21(29)31-4)13(2)28(22(33)27-20)16-8-6-7-15(12-16)23(24,25)26/h6-12,20H,5H2,1-4H3,(H,27,33). The third-order valence-electron chi connectivity index (χ3n) is 5.14. The third-order valence-corrected chi connectivity index (χ3v) is 5.44. The van der Waals surface area contributed by atoms with Crippen molar-refractivity contribution in [2.24, 2.45) is 0 Å². The molecule has 6 nitrogen and oxygen atoms in total. The lowest BCUT2D eigenvalue weighted by Gasteiger charge is -2.37. The summed E-state index contributed by atoms with van der Waals surface area (Å²) in [5, 5.41) is 3.20. The monoisotopic (exact) mass is 480 g/mol. The molecule has 1 aliphatic heterocycles. The minimum atomic E-state index is -4.52. The number of rotatable bonds is 6. The Balaban J connectivity index is 2.14. The number of ether oxygens (including phenoxy) is 3. The molecular weight excluding hydrogens is 457 g/mol. The molecule has 10 heteroatoms. The number of allylic oxidation sites excluding steroid dienone is 1. The van der Waals surface area contributed by atoms with Gasteiger partial charge >= 0.3 is 12.1 Å². The van der Waals surface area contributed by atoms with Crippen LogP contribution in [-0.4, -0.2) is 31.9 Å². The number of hydrogen-bond acceptors (Lipinski definition) is 5. The fourth-order valence-electron chi connectivity index (χ4n) is 3.64. The molecule has 0 aliphatic carbocycles. The molecule has 1 N–H and O–H groups in total. The van der Waals surface area contributed by atoms with Gasteiger partial charge in [0.05, 0.1) is 38.0 Å². The first-order valence-corrected chi connectivity index (χ1v) is 10.4. The number of nitrogens with zero attached hydrogens (tertiary/aromatic N) is 1. The molecular formula is C23H23F3N2O4S. The van der Waals surface area contributed by atoms with Crippen LogP contribution in [0, 0.1) is 0 Å². The number of nitrogens with one attached hydrogen (secondary N) is 1. The number of anilines is 1. The Kier molecular flexibility index (Phi) is 7.16. The number of thiocarbonyl (C=S) groups is 1. The van der Waals surface area contributed by atoms with Crippen molar-refractivity contribution in [2.75, 3.05) is 25.7 Å². The lowest BCUT2D eigenvalue weighted by Crippen LogP contribution is -2.48. The van der Waals surface area contributed by atoms with Crippen molar-refractivity contribution >= 4 is 29.0 Å². The summed E-state index contributed by atoms with van der Waals surface area (Å²) in [6.07, 6.45) is -4.52. The van der Waals surface area contributed by atoms with Crippen LogP contribution >= 0.6 is 12.2 Å². The molecule has 0 fully saturated rings. The first-order valence-electron chi connectivity index (χ1n) is 10.00. The molecule has 0 saturated carbocycles. The van der Waals surface area contributed by atoms with E-state index in [1.807, 2.05) is 6.92 Å². The predicted molar refractivity (Wildman–Crippen MR) is 121 cm³/mol. The number of carbonyl (C=O) groups excluding carboxylic acids is 1. The van der Waals surface area contributed by atoms with Crippen LogP contribution in [0.1, 0.15) is 31.0 Å². The normalized spacial score (nSPS) is 16.4. The highest BCUT2D eigenvalue weighted by molar-refractivity contribution is 7.80. The summed E-state index contributed by atoms with van der Waals surface area (Å²) in [5.74, 6) is 0.357. The number of carbonyl (C=O) groups is 1. The number of alkyl halides is 3. The van der Waals surface area contributed by atoms with Gasteiger partial charge in [0.25, 0.3) is 0 Å². The molecule has 1 unspecified atom stereocenters. The van der Waals surface area contributed by atoms with Gasteiger partial charge in [-0.15, -0.1) is 0 Å². The van der Waals surface area contributed by atoms with Crippen LogP contribution in [0.4, 0.5) is 18.9 Å². The maximum Gasteiger partial charge on any atom is 0.416 e. The first kappa shape index (κ1) is 24.4. The molecule has 1 atom stereocenters. The predicted octanol–water partition coefficient (Wildman–Crippen LogP) is 5.00. The molecule has 0 spiro atoms. The molecule has 33 heavy (non-hydrogen) atoms. The van der Waals surface area contributed by atoms with E-state index in [9.17, 15) is 18.0 Å². The third kappa shape index (κ3) is 4.90. The summed E-state index contributed by atoms with van der Waals surface area (Å²) in [6.45, 7) is 3.84. The van der Waals surface area contributed by atoms with Crippen LogP contribution < -0.4 is 19.7 Å². The Bertz CT molecular complexity index is 1100. The van der Waals surface area contributed by atoms with Crippen LogP contribution in [0.25, 0.3) is 0 Å². The number of methoxy groups -OCH3 is 2. The Labute approximate surface area is 194 Å². The van der Waals surface area contributed by atoms with Gasteiger partial charge in [0.1, 0.15) is 0 Å². The molecule has 0 aromatic heterocycles. The van der Waals surface area contributed by atoms with Gasteiger partial charge in [0.2, 0.25) is 0 Å². The van der Waals surface area contributed by atoms with Crippen molar-refractivity contribution in [2.45, 2.75) is 26.1 Å². The van der Waals surface area contributed by atoms with Crippen LogP contribution in [0.3, 0.4) is 0 Å². The van der Waals surface area contributed by atoms with Crippen LogP contribution in [0.2, 0.25) is 0 Å². The summed E-state index contributed by atoms with van der Waals surface area (Å²) >= 11 is 5.50. The second-order valence-electron chi connectivity index (χ2n) is 7.10. The molecule has 0 amide bonds. The first-order chi connectivity index (χ1) is 15.6. The van der Waals surface area contributed by atoms with E-state index in [-0.39, 0.29) is 16.4 Å². The Morgan fingerprint density at radius 3 is 2.48 bits per heavy atom. The zero-order chi connectivity index (χ0) is 24.3. The van der Waals surface area contributed by atoms with E-state index in [4.69, 9.17) is 26.4 Å². The van der Waals surface area contributed by atoms with Gasteiger partial charge in [-0.1, -0.05) is 12.1 Å². The van der Waals surface area contributed by atoms with Crippen LogP contribution in [-0.2, 0) is 15.7 Å². The minimum absolute atomic E-state index is 0.137. The average Bonchev–Trinajstić information content (AvgIpc) is 2.78. The largest absolute Gasteiger partial charge is 0.493 e. The van der Waals surface area contributed by atoms with Gasteiger partial charge in [-0.2, -0.15) is 13.2 Å². The lowest BCUT2D eigenvalue weighted by molar-refractivity contribution is -0.138. The maximum atomic E-state index is 13.3. The van der Waals surface area contributed by atoms with Gasteiger partial charge in [0, 0.05) is 11.4 Å². The Morgan fingerprint density at radius 1 is 1.15 bits per heavy atom. The van der Waals surface area contributed by atoms with E-state index in [0.717, 1.165) is 12.1 Å². The molecule has 0 radical (unpaired) electrons. The lowest BCUT2D eigenvalue weighted by atomic mass is 9.94. The molecule has 2 aromatic rings. The van der Waals surface area contributed by atoms with E-state index in [0.29, 0.717) is 29.4 Å². The topological polar surface area (TPSA) is 60.0 Å². The summed E-state index contributed by atoms with van der Waals surface area (Å²) in [5.41, 5.74) is 0.545. The van der Waals surface area contributed by atoms with Crippen molar-refractivity contribution in [3.63, 3.8) is 0 Å². The molecule has 176 valence electrons. The highest BCUT2D eigenvalue weighted by Gasteiger charge is 2.37. The highest BCUT2D eigenvalue weighted by atomic mass is 32.1. The number of esters is 1. The Morgan fingerprint density at radius 2 is 1.88 bits per heavy atom. The Hall–Kier alpha value is -3.27. The molecule has 0 saturated heterocycles. The van der Waals surface area contributed by atoms with Crippen LogP contribution in [0.5, 0.6) is 11.5 Å². The highest BCUT2D eigenvalue weighted by Crippen LogP contribution is 2.39. The summed E-state index contributed by atoms with van der Waals surface area (Å²) in [4.78, 5) is 14.2. The van der Waals surface area contributed by atoms with Crippen molar-refractivity contribution in [3.05, 3.63) is 64.9 Å². The second kappa shape index (κ2) is 9.70. The van der Waals surface area contributed by atoms with Crippen molar-refractivity contribution < 1.29 is 32.2 Å². The zero-order valence-electron chi connectivity index (χ0n) is 18.4. The minimum Gasteiger partial charge on any atom is -0.493 e. The zero-order valence-corrected chi connectivity index (χ0v) is 19.3. The molecule has 1 aliphatic rings. The van der Waals surface area contributed by atoms with Crippen molar-refractivity contribution in [1.29, 1.82) is 0 Å². The van der Waals surface area contributed by atoms with E-state index in [1.54, 1.807) is 25.1 Å². The quantitative estimate of drug-likeness (QED) is 0.462. The van der Waals surface area contributed by atoms with E-state index >= 15 is 0 Å². The summed E-state index contributed by atoms with van der Waals surface area (Å²) in [6, 6.07) is 9.19. The van der Waals surface area contributed by atoms with E-state index in [1.165, 1.54) is 31.3 Å². The van der Waals surface area contributed by atoms with Crippen molar-refractivity contribution in [1.82, 2.24) is 5.32 Å². The number of benzene rings is 2. The molecule has 2 aromatic carbocycles. The maximum absolute atomic E-state index is 13.3. The SMILES string of the molecule is CCOc1cc(C2NC(=S)N(c3cccc(C(F)(F)F)c3)C(C)=C2C(=O)OC)ccc1OC. The van der Waals surface area contributed by atoms with E-state index < -0.39 is 23.8 Å². The van der Waals surface area contributed by atoms with Gasteiger partial charge in [-0.05, 0) is 62.0 Å². The molecule has 1 heterocycles. The van der Waals surface area contributed by atoms with Gasteiger partial charge in [-0.25, -0.2) is 4.79 Å². The van der Waals surface area contributed by atoms with Gasteiger partial charge in [-0.3, -0.25) is 4.90 Å². The van der Waals surface area contributed by atoms with Gasteiger partial charge in [0.15, 0.2) is 16.6 Å². The number of halogens is 3. The summed E-state index contributed by atoms with van der Waals surface area (Å²) in [7, 11) is 2.75. The van der Waals surface area contributed by atoms with Gasteiger partial charge < -0.3 is 19.5 Å². The van der Waals surface area contributed by atoms with E-state index in [2.05, 4.69) is 5.32 Å². The molecule has 0 bridgehead atoms. The summed E-state index contributed by atoms with van der Waals surface area (Å²) < 4.78 is 55.7.